The molecule has 1 aromatic heterocycles. The summed E-state index contributed by atoms with van der Waals surface area (Å²) in [6, 6.07) is 0. The predicted molar refractivity (Wildman–Crippen MR) is 85.2 cm³/mol. The van der Waals surface area contributed by atoms with Crippen molar-refractivity contribution in [3.05, 3.63) is 17.0 Å². The first kappa shape index (κ1) is 15.9. The minimum atomic E-state index is 0.0406. The van der Waals surface area contributed by atoms with Crippen molar-refractivity contribution in [2.75, 3.05) is 37.7 Å². The van der Waals surface area contributed by atoms with Gasteiger partial charge in [-0.1, -0.05) is 6.92 Å². The predicted octanol–water partition coefficient (Wildman–Crippen LogP) is 2.10. The first-order chi connectivity index (χ1) is 10.1. The van der Waals surface area contributed by atoms with Crippen LogP contribution in [-0.4, -0.2) is 43.3 Å². The number of morpholine rings is 1. The van der Waals surface area contributed by atoms with Gasteiger partial charge < -0.3 is 19.5 Å². The van der Waals surface area contributed by atoms with Crippen LogP contribution in [0.2, 0.25) is 0 Å². The molecule has 1 N–H and O–H groups in total. The van der Waals surface area contributed by atoms with E-state index in [2.05, 4.69) is 42.5 Å². The third kappa shape index (κ3) is 3.07. The number of carbonyl (C=O) groups excluding carboxylic acids is 1. The zero-order chi connectivity index (χ0) is 15.4. The highest BCUT2D eigenvalue weighted by atomic mass is 16.5. The van der Waals surface area contributed by atoms with Crippen molar-refractivity contribution in [2.24, 2.45) is 0 Å². The Hall–Kier alpha value is -1.49. The van der Waals surface area contributed by atoms with E-state index in [9.17, 15) is 4.79 Å². The zero-order valence-corrected chi connectivity index (χ0v) is 13.7. The van der Waals surface area contributed by atoms with Gasteiger partial charge in [0.25, 0.3) is 5.91 Å². The first-order valence-corrected chi connectivity index (χ1v) is 7.92. The second-order valence-corrected chi connectivity index (χ2v) is 5.51. The van der Waals surface area contributed by atoms with Gasteiger partial charge in [0.15, 0.2) is 0 Å². The molecule has 0 radical (unpaired) electrons. The van der Waals surface area contributed by atoms with Crippen LogP contribution in [0.5, 0.6) is 0 Å². The maximum absolute atomic E-state index is 12.5. The smallest absolute Gasteiger partial charge is 0.268 e. The molecular weight excluding hydrogens is 266 g/mol. The van der Waals surface area contributed by atoms with Crippen LogP contribution in [0.3, 0.4) is 0 Å². The summed E-state index contributed by atoms with van der Waals surface area (Å²) in [6.45, 7) is 13.2. The van der Waals surface area contributed by atoms with Crippen LogP contribution in [0.15, 0.2) is 0 Å². The second-order valence-electron chi connectivity index (χ2n) is 5.51. The summed E-state index contributed by atoms with van der Waals surface area (Å²) in [5, 5.41) is 3.00. The van der Waals surface area contributed by atoms with E-state index in [0.717, 1.165) is 57.1 Å². The van der Waals surface area contributed by atoms with Gasteiger partial charge in [0, 0.05) is 37.4 Å². The Morgan fingerprint density at radius 2 is 1.90 bits per heavy atom. The van der Waals surface area contributed by atoms with Gasteiger partial charge in [0.2, 0.25) is 0 Å². The molecular formula is C16H27N3O2. The summed E-state index contributed by atoms with van der Waals surface area (Å²) in [6.07, 6.45) is 0.951. The molecule has 1 saturated heterocycles. The molecule has 5 heteroatoms. The summed E-state index contributed by atoms with van der Waals surface area (Å²) >= 11 is 0. The van der Waals surface area contributed by atoms with Crippen molar-refractivity contribution in [2.45, 2.75) is 40.7 Å². The van der Waals surface area contributed by atoms with Gasteiger partial charge in [-0.15, -0.1) is 0 Å². The number of rotatable bonds is 5. The molecule has 0 spiro atoms. The number of carbonyl (C=O) groups is 1. The third-order valence-electron chi connectivity index (χ3n) is 4.12. The van der Waals surface area contributed by atoms with E-state index in [1.54, 1.807) is 0 Å². The van der Waals surface area contributed by atoms with Crippen LogP contribution in [0, 0.1) is 13.8 Å². The van der Waals surface area contributed by atoms with Crippen LogP contribution >= 0.6 is 0 Å². The lowest BCUT2D eigenvalue weighted by Gasteiger charge is -2.29. The van der Waals surface area contributed by atoms with Crippen molar-refractivity contribution in [3.63, 3.8) is 0 Å². The van der Waals surface area contributed by atoms with Crippen molar-refractivity contribution in [1.82, 2.24) is 9.88 Å². The number of nitrogens with one attached hydrogen (secondary N) is 1. The van der Waals surface area contributed by atoms with Crippen molar-refractivity contribution in [1.29, 1.82) is 0 Å². The molecule has 0 aliphatic carbocycles. The highest BCUT2D eigenvalue weighted by Crippen LogP contribution is 2.31. The minimum Gasteiger partial charge on any atom is -0.378 e. The number of hydrogen-bond donors (Lipinski definition) is 1. The van der Waals surface area contributed by atoms with Crippen molar-refractivity contribution >= 4 is 11.6 Å². The van der Waals surface area contributed by atoms with Gasteiger partial charge in [-0.25, -0.2) is 0 Å². The van der Waals surface area contributed by atoms with E-state index < -0.39 is 0 Å². The molecule has 0 bridgehead atoms. The van der Waals surface area contributed by atoms with Crippen LogP contribution in [-0.2, 0) is 11.3 Å². The fourth-order valence-electron chi connectivity index (χ4n) is 3.14. The molecule has 1 aromatic rings. The molecule has 5 nitrogen and oxygen atoms in total. The maximum atomic E-state index is 12.5. The first-order valence-electron chi connectivity index (χ1n) is 7.92. The normalized spacial score (nSPS) is 15.3. The van der Waals surface area contributed by atoms with Gasteiger partial charge in [-0.3, -0.25) is 4.79 Å². The standard InChI is InChI=1S/C16H27N3O2/c1-5-7-17-16(20)15-12(3)14(13(4)19(15)6-2)18-8-10-21-11-9-18/h5-11H2,1-4H3,(H,17,20). The lowest BCUT2D eigenvalue weighted by Crippen LogP contribution is -2.36. The molecule has 2 heterocycles. The van der Waals surface area contributed by atoms with Crippen LogP contribution < -0.4 is 10.2 Å². The Balaban J connectivity index is 2.38. The zero-order valence-electron chi connectivity index (χ0n) is 13.7. The Kier molecular flexibility index (Phi) is 5.28. The highest BCUT2D eigenvalue weighted by molar-refractivity contribution is 5.96. The lowest BCUT2D eigenvalue weighted by molar-refractivity contribution is 0.0943. The van der Waals surface area contributed by atoms with Crippen molar-refractivity contribution < 1.29 is 9.53 Å². The molecule has 2 rings (SSSR count). The van der Waals surface area contributed by atoms with Gasteiger partial charge in [0.1, 0.15) is 5.69 Å². The average molecular weight is 293 g/mol. The SMILES string of the molecule is CCCNC(=O)c1c(C)c(N2CCOCC2)c(C)n1CC. The van der Waals surface area contributed by atoms with E-state index in [1.807, 2.05) is 0 Å². The highest BCUT2D eigenvalue weighted by Gasteiger charge is 2.25. The molecule has 1 aliphatic heterocycles. The minimum absolute atomic E-state index is 0.0406. The van der Waals surface area contributed by atoms with Crippen LogP contribution in [0.25, 0.3) is 0 Å². The number of ether oxygens (including phenoxy) is 1. The molecule has 0 unspecified atom stereocenters. The molecule has 1 fully saturated rings. The molecule has 1 amide bonds. The summed E-state index contributed by atoms with van der Waals surface area (Å²) < 4.78 is 7.57. The summed E-state index contributed by atoms with van der Waals surface area (Å²) in [5.74, 6) is 0.0406. The number of aromatic nitrogens is 1. The fourth-order valence-corrected chi connectivity index (χ4v) is 3.14. The Morgan fingerprint density at radius 3 is 2.48 bits per heavy atom. The summed E-state index contributed by atoms with van der Waals surface area (Å²) in [4.78, 5) is 14.8. The van der Waals surface area contributed by atoms with E-state index in [1.165, 1.54) is 11.4 Å². The topological polar surface area (TPSA) is 46.5 Å². The number of nitrogens with zero attached hydrogens (tertiary/aromatic N) is 2. The van der Waals surface area contributed by atoms with Crippen LogP contribution in [0.4, 0.5) is 5.69 Å². The second kappa shape index (κ2) is 6.98. The lowest BCUT2D eigenvalue weighted by atomic mass is 10.2. The van der Waals surface area contributed by atoms with E-state index in [-0.39, 0.29) is 5.91 Å². The molecule has 0 atom stereocenters. The monoisotopic (exact) mass is 293 g/mol. The number of anilines is 1. The van der Waals surface area contributed by atoms with E-state index in [4.69, 9.17) is 4.74 Å². The Labute approximate surface area is 127 Å². The number of hydrogen-bond acceptors (Lipinski definition) is 3. The quantitative estimate of drug-likeness (QED) is 0.904. The Bertz CT molecular complexity index is 502. The number of amides is 1. The molecule has 0 aromatic carbocycles. The Morgan fingerprint density at radius 1 is 1.24 bits per heavy atom. The fraction of sp³-hybridized carbons (Fsp3) is 0.688. The third-order valence-corrected chi connectivity index (χ3v) is 4.12. The molecule has 118 valence electrons. The van der Waals surface area contributed by atoms with Gasteiger partial charge in [-0.05, 0) is 27.2 Å². The van der Waals surface area contributed by atoms with Crippen LogP contribution in [0.1, 0.15) is 42.0 Å². The van der Waals surface area contributed by atoms with Gasteiger partial charge in [-0.2, -0.15) is 0 Å². The summed E-state index contributed by atoms with van der Waals surface area (Å²) in [7, 11) is 0. The van der Waals surface area contributed by atoms with E-state index >= 15 is 0 Å². The maximum Gasteiger partial charge on any atom is 0.268 e. The largest absolute Gasteiger partial charge is 0.378 e. The van der Waals surface area contributed by atoms with Gasteiger partial charge in [0.05, 0.1) is 18.9 Å². The average Bonchev–Trinajstić information content (AvgIpc) is 2.76. The van der Waals surface area contributed by atoms with Crippen molar-refractivity contribution in [3.8, 4) is 0 Å². The summed E-state index contributed by atoms with van der Waals surface area (Å²) in [5.41, 5.74) is 4.29. The molecule has 1 aliphatic rings. The molecule has 21 heavy (non-hydrogen) atoms. The van der Waals surface area contributed by atoms with E-state index in [0.29, 0.717) is 0 Å². The molecule has 0 saturated carbocycles. The van der Waals surface area contributed by atoms with Gasteiger partial charge >= 0.3 is 0 Å².